The summed E-state index contributed by atoms with van der Waals surface area (Å²) in [5.41, 5.74) is 3.06. The molecule has 0 saturated carbocycles. The number of methoxy groups -OCH3 is 3. The monoisotopic (exact) mass is 456 g/mol. The molecular formula is C23H24N2O6S. The number of ether oxygens (including phenoxy) is 3. The van der Waals surface area contributed by atoms with Gasteiger partial charge >= 0.3 is 0 Å². The van der Waals surface area contributed by atoms with Gasteiger partial charge in [0.15, 0.2) is 11.5 Å². The molecule has 1 saturated heterocycles. The van der Waals surface area contributed by atoms with Gasteiger partial charge in [0.2, 0.25) is 5.91 Å². The summed E-state index contributed by atoms with van der Waals surface area (Å²) in [6, 6.07) is 8.95. The number of nitrogens with one attached hydrogen (secondary N) is 1. The van der Waals surface area contributed by atoms with Crippen molar-refractivity contribution >= 4 is 40.6 Å². The lowest BCUT2D eigenvalue weighted by Gasteiger charge is -2.14. The Morgan fingerprint density at radius 2 is 1.66 bits per heavy atom. The van der Waals surface area contributed by atoms with Crippen LogP contribution >= 0.6 is 11.8 Å². The Balaban J connectivity index is 1.81. The SMILES string of the molecule is COc1cc(OC)c(OC)cc1/C=C1/SC(=O)N(CC(=O)Nc2cc(C)ccc2C)C1=O. The summed E-state index contributed by atoms with van der Waals surface area (Å²) >= 11 is 0.764. The maximum absolute atomic E-state index is 12.8. The van der Waals surface area contributed by atoms with E-state index >= 15 is 0 Å². The molecule has 0 spiro atoms. The second-order valence-corrected chi connectivity index (χ2v) is 8.08. The Hall–Kier alpha value is -3.46. The minimum absolute atomic E-state index is 0.181. The van der Waals surface area contributed by atoms with Crippen molar-refractivity contribution in [2.75, 3.05) is 33.2 Å². The number of carbonyl (C=O) groups is 3. The number of aryl methyl sites for hydroxylation is 2. The Morgan fingerprint density at radius 1 is 1.00 bits per heavy atom. The van der Waals surface area contributed by atoms with E-state index in [-0.39, 0.29) is 11.4 Å². The molecule has 32 heavy (non-hydrogen) atoms. The molecule has 2 aromatic carbocycles. The zero-order valence-electron chi connectivity index (χ0n) is 18.5. The number of anilines is 1. The highest BCUT2D eigenvalue weighted by molar-refractivity contribution is 8.18. The molecule has 3 amide bonds. The molecule has 1 fully saturated rings. The van der Waals surface area contributed by atoms with Crippen LogP contribution in [0.4, 0.5) is 10.5 Å². The van der Waals surface area contributed by atoms with Gasteiger partial charge in [-0.1, -0.05) is 12.1 Å². The van der Waals surface area contributed by atoms with Crippen LogP contribution in [0.3, 0.4) is 0 Å². The summed E-state index contributed by atoms with van der Waals surface area (Å²) in [5.74, 6) is 0.366. The maximum Gasteiger partial charge on any atom is 0.294 e. The van der Waals surface area contributed by atoms with Gasteiger partial charge in [-0.3, -0.25) is 19.3 Å². The maximum atomic E-state index is 12.8. The molecule has 1 aliphatic rings. The van der Waals surface area contributed by atoms with Crippen molar-refractivity contribution in [2.45, 2.75) is 13.8 Å². The number of nitrogens with zero attached hydrogens (tertiary/aromatic N) is 1. The standard InChI is InChI=1S/C23H24N2O6S/c1-13-6-7-14(2)16(8-13)24-21(26)12-25-22(27)20(32-23(25)28)10-15-9-18(30-4)19(31-5)11-17(15)29-3/h6-11H,12H2,1-5H3,(H,24,26)/b20-10+. The lowest BCUT2D eigenvalue weighted by molar-refractivity contribution is -0.127. The fourth-order valence-corrected chi connectivity index (χ4v) is 3.98. The molecule has 1 N–H and O–H groups in total. The van der Waals surface area contributed by atoms with Gasteiger partial charge in [-0.25, -0.2) is 0 Å². The zero-order chi connectivity index (χ0) is 23.4. The molecule has 1 aliphatic heterocycles. The first kappa shape index (κ1) is 23.2. The molecule has 8 nitrogen and oxygen atoms in total. The van der Waals surface area contributed by atoms with Crippen molar-refractivity contribution in [1.29, 1.82) is 0 Å². The van der Waals surface area contributed by atoms with Crippen molar-refractivity contribution in [3.8, 4) is 17.2 Å². The lowest BCUT2D eigenvalue weighted by Crippen LogP contribution is -2.36. The van der Waals surface area contributed by atoms with Crippen LogP contribution in [0.1, 0.15) is 16.7 Å². The van der Waals surface area contributed by atoms with E-state index in [9.17, 15) is 14.4 Å². The minimum atomic E-state index is -0.548. The quantitative estimate of drug-likeness (QED) is 0.629. The van der Waals surface area contributed by atoms with E-state index in [1.165, 1.54) is 27.4 Å². The van der Waals surface area contributed by atoms with Crippen LogP contribution in [0, 0.1) is 13.8 Å². The molecule has 0 unspecified atom stereocenters. The Bertz CT molecular complexity index is 1110. The van der Waals surface area contributed by atoms with Crippen molar-refractivity contribution in [3.05, 3.63) is 51.9 Å². The third-order valence-corrected chi connectivity index (χ3v) is 5.77. The van der Waals surface area contributed by atoms with Crippen molar-refractivity contribution in [1.82, 2.24) is 4.90 Å². The second-order valence-electron chi connectivity index (χ2n) is 7.08. The normalized spacial score (nSPS) is 14.7. The average Bonchev–Trinajstić information content (AvgIpc) is 3.03. The first-order valence-electron chi connectivity index (χ1n) is 9.69. The topological polar surface area (TPSA) is 94.2 Å². The molecule has 168 valence electrons. The fourth-order valence-electron chi connectivity index (χ4n) is 3.15. The van der Waals surface area contributed by atoms with E-state index in [0.717, 1.165) is 27.8 Å². The molecule has 1 heterocycles. The number of rotatable bonds is 7. The van der Waals surface area contributed by atoms with E-state index in [0.29, 0.717) is 28.5 Å². The zero-order valence-corrected chi connectivity index (χ0v) is 19.3. The van der Waals surface area contributed by atoms with E-state index in [1.807, 2.05) is 32.0 Å². The number of amides is 3. The Morgan fingerprint density at radius 3 is 2.31 bits per heavy atom. The molecule has 9 heteroatoms. The molecular weight excluding hydrogens is 432 g/mol. The summed E-state index contributed by atoms with van der Waals surface area (Å²) in [6.07, 6.45) is 1.54. The van der Waals surface area contributed by atoms with Crippen LogP contribution in [-0.2, 0) is 9.59 Å². The number of imide groups is 1. The van der Waals surface area contributed by atoms with Crippen LogP contribution < -0.4 is 19.5 Å². The lowest BCUT2D eigenvalue weighted by atomic mass is 10.1. The highest BCUT2D eigenvalue weighted by Gasteiger charge is 2.36. The first-order chi connectivity index (χ1) is 15.3. The van der Waals surface area contributed by atoms with Crippen molar-refractivity contribution in [3.63, 3.8) is 0 Å². The van der Waals surface area contributed by atoms with Gasteiger partial charge in [-0.15, -0.1) is 0 Å². The summed E-state index contributed by atoms with van der Waals surface area (Å²) < 4.78 is 15.9. The number of hydrogen-bond donors (Lipinski definition) is 1. The molecule has 3 rings (SSSR count). The van der Waals surface area contributed by atoms with Crippen LogP contribution in [0.2, 0.25) is 0 Å². The molecule has 0 atom stereocenters. The van der Waals surface area contributed by atoms with Gasteiger partial charge in [0, 0.05) is 17.3 Å². The first-order valence-corrected chi connectivity index (χ1v) is 10.5. The van der Waals surface area contributed by atoms with Gasteiger partial charge in [-0.2, -0.15) is 0 Å². The van der Waals surface area contributed by atoms with Gasteiger partial charge in [-0.05, 0) is 54.9 Å². The van der Waals surface area contributed by atoms with Gasteiger partial charge in [0.25, 0.3) is 11.1 Å². The van der Waals surface area contributed by atoms with Crippen LogP contribution in [0.5, 0.6) is 17.2 Å². The highest BCUT2D eigenvalue weighted by atomic mass is 32.2. The Labute approximate surface area is 190 Å². The average molecular weight is 457 g/mol. The number of hydrogen-bond acceptors (Lipinski definition) is 7. The van der Waals surface area contributed by atoms with Crippen LogP contribution in [0.25, 0.3) is 6.08 Å². The van der Waals surface area contributed by atoms with Crippen LogP contribution in [-0.4, -0.2) is 49.8 Å². The van der Waals surface area contributed by atoms with E-state index in [1.54, 1.807) is 12.1 Å². The molecule has 0 aromatic heterocycles. The van der Waals surface area contributed by atoms with Gasteiger partial charge in [0.05, 0.1) is 26.2 Å². The predicted molar refractivity (Wildman–Crippen MR) is 123 cm³/mol. The molecule has 0 aliphatic carbocycles. The van der Waals surface area contributed by atoms with Gasteiger partial charge in [0.1, 0.15) is 12.3 Å². The number of thioether (sulfide) groups is 1. The molecule has 2 aromatic rings. The van der Waals surface area contributed by atoms with Gasteiger partial charge < -0.3 is 19.5 Å². The van der Waals surface area contributed by atoms with Crippen LogP contribution in [0.15, 0.2) is 35.2 Å². The number of benzene rings is 2. The summed E-state index contributed by atoms with van der Waals surface area (Å²) in [6.45, 7) is 3.41. The highest BCUT2D eigenvalue weighted by Crippen LogP contribution is 2.38. The molecule has 0 radical (unpaired) electrons. The third-order valence-electron chi connectivity index (χ3n) is 4.86. The summed E-state index contributed by atoms with van der Waals surface area (Å²) in [7, 11) is 4.49. The smallest absolute Gasteiger partial charge is 0.294 e. The van der Waals surface area contributed by atoms with Crippen molar-refractivity contribution < 1.29 is 28.6 Å². The van der Waals surface area contributed by atoms with E-state index in [2.05, 4.69) is 5.32 Å². The Kier molecular flexibility index (Phi) is 7.09. The summed E-state index contributed by atoms with van der Waals surface area (Å²) in [5, 5.41) is 2.25. The van der Waals surface area contributed by atoms with E-state index in [4.69, 9.17) is 14.2 Å². The predicted octanol–water partition coefficient (Wildman–Crippen LogP) is 4.00. The molecule has 0 bridgehead atoms. The number of carbonyl (C=O) groups excluding carboxylic acids is 3. The second kappa shape index (κ2) is 9.78. The van der Waals surface area contributed by atoms with Crippen molar-refractivity contribution in [2.24, 2.45) is 0 Å². The largest absolute Gasteiger partial charge is 0.496 e. The minimum Gasteiger partial charge on any atom is -0.496 e. The fraction of sp³-hybridized carbons (Fsp3) is 0.261. The third kappa shape index (κ3) is 4.88. The summed E-state index contributed by atoms with van der Waals surface area (Å²) in [4.78, 5) is 38.9. The van der Waals surface area contributed by atoms with E-state index < -0.39 is 17.1 Å².